The van der Waals surface area contributed by atoms with E-state index in [1.165, 1.54) is 0 Å². The Bertz CT molecular complexity index is 840. The smallest absolute Gasteiger partial charge is 0.231 e. The van der Waals surface area contributed by atoms with Crippen molar-refractivity contribution in [3.63, 3.8) is 0 Å². The SMILES string of the molecule is CC(C)c1nc(CN2CCC[C@@H](c3nc(-c4ccccc4)no3)C2)co1. The Labute approximate surface area is 153 Å². The number of nitrogens with zero attached hydrogens (tertiary/aromatic N) is 4. The van der Waals surface area contributed by atoms with E-state index in [0.717, 1.165) is 55.5 Å². The highest BCUT2D eigenvalue weighted by Gasteiger charge is 2.27. The van der Waals surface area contributed by atoms with Gasteiger partial charge in [0.2, 0.25) is 11.7 Å². The van der Waals surface area contributed by atoms with Crippen LogP contribution in [0.5, 0.6) is 0 Å². The monoisotopic (exact) mass is 352 g/mol. The summed E-state index contributed by atoms with van der Waals surface area (Å²) in [6.07, 6.45) is 3.96. The fraction of sp³-hybridized carbons (Fsp3) is 0.450. The van der Waals surface area contributed by atoms with Gasteiger partial charge in [-0.25, -0.2) is 4.98 Å². The van der Waals surface area contributed by atoms with Crippen LogP contribution in [0.2, 0.25) is 0 Å². The lowest BCUT2D eigenvalue weighted by molar-refractivity contribution is 0.178. The van der Waals surface area contributed by atoms with Gasteiger partial charge in [0, 0.05) is 24.6 Å². The summed E-state index contributed by atoms with van der Waals surface area (Å²) in [7, 11) is 0. The first-order valence-corrected chi connectivity index (χ1v) is 9.24. The number of benzene rings is 1. The summed E-state index contributed by atoms with van der Waals surface area (Å²) in [6, 6.07) is 9.95. The molecule has 2 aromatic heterocycles. The molecule has 0 radical (unpaired) electrons. The van der Waals surface area contributed by atoms with Crippen LogP contribution in [-0.4, -0.2) is 33.1 Å². The third-order valence-corrected chi connectivity index (χ3v) is 4.78. The first-order valence-electron chi connectivity index (χ1n) is 9.24. The van der Waals surface area contributed by atoms with Crippen molar-refractivity contribution in [2.75, 3.05) is 13.1 Å². The van der Waals surface area contributed by atoms with Crippen LogP contribution in [0.15, 0.2) is 45.5 Å². The molecule has 1 saturated heterocycles. The minimum Gasteiger partial charge on any atom is -0.448 e. The molecule has 6 nitrogen and oxygen atoms in total. The number of piperidine rings is 1. The van der Waals surface area contributed by atoms with E-state index >= 15 is 0 Å². The topological polar surface area (TPSA) is 68.2 Å². The number of oxazole rings is 1. The van der Waals surface area contributed by atoms with E-state index in [4.69, 9.17) is 8.94 Å². The normalized spacial score (nSPS) is 18.5. The Balaban J connectivity index is 1.42. The minimum atomic E-state index is 0.269. The molecule has 0 N–H and O–H groups in total. The first-order chi connectivity index (χ1) is 12.7. The van der Waals surface area contributed by atoms with Crippen molar-refractivity contribution in [1.29, 1.82) is 0 Å². The lowest BCUT2D eigenvalue weighted by Gasteiger charge is -2.30. The van der Waals surface area contributed by atoms with Crippen LogP contribution in [0.25, 0.3) is 11.4 Å². The summed E-state index contributed by atoms with van der Waals surface area (Å²) in [4.78, 5) is 11.6. The molecular weight excluding hydrogens is 328 g/mol. The van der Waals surface area contributed by atoms with Gasteiger partial charge in [-0.05, 0) is 19.4 Å². The second-order valence-corrected chi connectivity index (χ2v) is 7.23. The van der Waals surface area contributed by atoms with Crippen molar-refractivity contribution in [2.45, 2.75) is 45.1 Å². The maximum absolute atomic E-state index is 5.57. The number of hydrogen-bond acceptors (Lipinski definition) is 6. The van der Waals surface area contributed by atoms with Gasteiger partial charge in [-0.1, -0.05) is 49.3 Å². The van der Waals surface area contributed by atoms with E-state index in [-0.39, 0.29) is 5.92 Å². The molecule has 4 rings (SSSR count). The molecule has 0 spiro atoms. The zero-order valence-electron chi connectivity index (χ0n) is 15.3. The fourth-order valence-electron chi connectivity index (χ4n) is 3.40. The lowest BCUT2D eigenvalue weighted by Crippen LogP contribution is -2.34. The Morgan fingerprint density at radius 3 is 2.81 bits per heavy atom. The zero-order valence-corrected chi connectivity index (χ0v) is 15.3. The molecule has 3 aromatic rings. The number of hydrogen-bond donors (Lipinski definition) is 0. The van der Waals surface area contributed by atoms with Crippen molar-refractivity contribution >= 4 is 0 Å². The average Bonchev–Trinajstić information content (AvgIpc) is 3.32. The molecule has 136 valence electrons. The molecule has 1 aromatic carbocycles. The van der Waals surface area contributed by atoms with Gasteiger partial charge in [0.05, 0.1) is 11.6 Å². The third-order valence-electron chi connectivity index (χ3n) is 4.78. The Hall–Kier alpha value is -2.47. The summed E-state index contributed by atoms with van der Waals surface area (Å²) in [5.41, 5.74) is 1.98. The summed E-state index contributed by atoms with van der Waals surface area (Å²) in [6.45, 7) is 6.94. The van der Waals surface area contributed by atoms with Gasteiger partial charge >= 0.3 is 0 Å². The van der Waals surface area contributed by atoms with Crippen LogP contribution in [0.4, 0.5) is 0 Å². The van der Waals surface area contributed by atoms with E-state index in [2.05, 4.69) is 33.9 Å². The van der Waals surface area contributed by atoms with Crippen LogP contribution >= 0.6 is 0 Å². The van der Waals surface area contributed by atoms with E-state index in [1.807, 2.05) is 30.3 Å². The molecular formula is C20H24N4O2. The van der Waals surface area contributed by atoms with Gasteiger partial charge in [-0.15, -0.1) is 0 Å². The minimum absolute atomic E-state index is 0.269. The van der Waals surface area contributed by atoms with Crippen molar-refractivity contribution in [2.24, 2.45) is 0 Å². The predicted octanol–water partition coefficient (Wildman–Crippen LogP) is 4.23. The highest BCUT2D eigenvalue weighted by Crippen LogP contribution is 2.28. The largest absolute Gasteiger partial charge is 0.448 e. The van der Waals surface area contributed by atoms with E-state index in [9.17, 15) is 0 Å². The summed E-state index contributed by atoms with van der Waals surface area (Å²) in [5.74, 6) is 2.78. The molecule has 1 fully saturated rings. The van der Waals surface area contributed by atoms with E-state index in [0.29, 0.717) is 11.7 Å². The Kier molecular flexibility index (Phi) is 4.84. The van der Waals surface area contributed by atoms with Crippen LogP contribution < -0.4 is 0 Å². The lowest BCUT2D eigenvalue weighted by atomic mass is 9.98. The molecule has 0 bridgehead atoms. The van der Waals surface area contributed by atoms with Crippen molar-refractivity contribution in [3.8, 4) is 11.4 Å². The molecule has 6 heteroatoms. The second kappa shape index (κ2) is 7.41. The maximum Gasteiger partial charge on any atom is 0.231 e. The summed E-state index contributed by atoms with van der Waals surface area (Å²) in [5, 5.41) is 4.16. The molecule has 1 aliphatic heterocycles. The fourth-order valence-corrected chi connectivity index (χ4v) is 3.40. The standard InChI is InChI=1S/C20H24N4O2/c1-14(2)19-21-17(13-25-19)12-24-10-6-9-16(11-24)20-22-18(23-26-20)15-7-4-3-5-8-15/h3-5,7-8,13-14,16H,6,9-12H2,1-2H3/t16-/m1/s1. The van der Waals surface area contributed by atoms with Gasteiger partial charge in [0.1, 0.15) is 6.26 Å². The molecule has 1 atom stereocenters. The Morgan fingerprint density at radius 1 is 1.19 bits per heavy atom. The molecule has 3 heterocycles. The Morgan fingerprint density at radius 2 is 2.04 bits per heavy atom. The number of likely N-dealkylation sites (tertiary alicyclic amines) is 1. The van der Waals surface area contributed by atoms with E-state index in [1.54, 1.807) is 6.26 Å². The molecule has 0 unspecified atom stereocenters. The molecule has 0 saturated carbocycles. The maximum atomic E-state index is 5.57. The summed E-state index contributed by atoms with van der Waals surface area (Å²) < 4.78 is 11.1. The van der Waals surface area contributed by atoms with Gasteiger partial charge in [-0.3, -0.25) is 4.90 Å². The summed E-state index contributed by atoms with van der Waals surface area (Å²) >= 11 is 0. The quantitative estimate of drug-likeness (QED) is 0.684. The van der Waals surface area contributed by atoms with Crippen LogP contribution in [0, 0.1) is 0 Å². The van der Waals surface area contributed by atoms with Crippen LogP contribution in [0.1, 0.15) is 56.0 Å². The molecule has 0 amide bonds. The highest BCUT2D eigenvalue weighted by molar-refractivity contribution is 5.53. The average molecular weight is 352 g/mol. The van der Waals surface area contributed by atoms with E-state index < -0.39 is 0 Å². The van der Waals surface area contributed by atoms with Crippen molar-refractivity contribution in [3.05, 3.63) is 54.1 Å². The highest BCUT2D eigenvalue weighted by atomic mass is 16.5. The molecule has 0 aliphatic carbocycles. The van der Waals surface area contributed by atoms with Gasteiger partial charge in [-0.2, -0.15) is 4.98 Å². The predicted molar refractivity (Wildman–Crippen MR) is 97.6 cm³/mol. The van der Waals surface area contributed by atoms with Crippen molar-refractivity contribution in [1.82, 2.24) is 20.0 Å². The van der Waals surface area contributed by atoms with Gasteiger partial charge in [0.15, 0.2) is 5.89 Å². The molecule has 1 aliphatic rings. The first kappa shape index (κ1) is 17.0. The molecule has 26 heavy (non-hydrogen) atoms. The number of aromatic nitrogens is 3. The van der Waals surface area contributed by atoms with Crippen LogP contribution in [0.3, 0.4) is 0 Å². The number of rotatable bonds is 5. The van der Waals surface area contributed by atoms with Crippen LogP contribution in [-0.2, 0) is 6.54 Å². The van der Waals surface area contributed by atoms with Gasteiger partial charge < -0.3 is 8.94 Å². The van der Waals surface area contributed by atoms with Gasteiger partial charge in [0.25, 0.3) is 0 Å². The third kappa shape index (κ3) is 3.70. The second-order valence-electron chi connectivity index (χ2n) is 7.23. The van der Waals surface area contributed by atoms with Crippen molar-refractivity contribution < 1.29 is 8.94 Å². The zero-order chi connectivity index (χ0) is 17.9.